The summed E-state index contributed by atoms with van der Waals surface area (Å²) in [7, 11) is 0. The molecule has 0 saturated carbocycles. The number of aliphatic imine (C=N–C) groups is 1. The zero-order chi connectivity index (χ0) is 17.1. The number of morpholine rings is 1. The van der Waals surface area contributed by atoms with Crippen LogP contribution >= 0.6 is 0 Å². The molecule has 1 saturated heterocycles. The molecule has 1 amide bonds. The Morgan fingerprint density at radius 2 is 1.72 bits per heavy atom. The highest BCUT2D eigenvalue weighted by Crippen LogP contribution is 2.13. The van der Waals surface area contributed by atoms with Crippen LogP contribution in [-0.2, 0) is 4.74 Å². The van der Waals surface area contributed by atoms with Crippen LogP contribution in [0.1, 0.15) is 10.4 Å². The topological polar surface area (TPSA) is 72.6 Å². The van der Waals surface area contributed by atoms with Gasteiger partial charge in [-0.1, -0.05) is 35.5 Å². The van der Waals surface area contributed by atoms with E-state index in [1.807, 2.05) is 47.4 Å². The molecule has 25 heavy (non-hydrogen) atoms. The lowest BCUT2D eigenvalue weighted by Gasteiger charge is -2.29. The quantitative estimate of drug-likeness (QED) is 0.501. The van der Waals surface area contributed by atoms with Crippen molar-refractivity contribution in [1.29, 1.82) is 0 Å². The Morgan fingerprint density at radius 1 is 1.00 bits per heavy atom. The molecule has 0 radical (unpaired) electrons. The maximum Gasteiger partial charge on any atom is 0.280 e. The monoisotopic (exact) mass is 335 g/mol. The van der Waals surface area contributed by atoms with Crippen molar-refractivity contribution in [2.24, 2.45) is 4.99 Å². The number of carbonyl (C=O) groups excluding carboxylic acids is 1. The normalized spacial score (nSPS) is 15.5. The number of hydrogen-bond acceptors (Lipinski definition) is 4. The Balaban J connectivity index is 1.79. The lowest BCUT2D eigenvalue weighted by atomic mass is 10.2. The van der Waals surface area contributed by atoms with Gasteiger partial charge >= 0.3 is 0 Å². The van der Waals surface area contributed by atoms with Crippen molar-refractivity contribution >= 4 is 22.9 Å². The SMILES string of the molecule is O=C(N=C(N1CCOCC1)n1nnc2ccccc21)c1ccccc1. The molecule has 7 nitrogen and oxygen atoms in total. The van der Waals surface area contributed by atoms with E-state index in [-0.39, 0.29) is 5.91 Å². The van der Waals surface area contributed by atoms with Gasteiger partial charge in [-0.2, -0.15) is 9.67 Å². The van der Waals surface area contributed by atoms with Gasteiger partial charge in [-0.05, 0) is 24.3 Å². The van der Waals surface area contributed by atoms with E-state index in [0.29, 0.717) is 37.8 Å². The third kappa shape index (κ3) is 3.14. The van der Waals surface area contributed by atoms with Crippen molar-refractivity contribution in [2.45, 2.75) is 0 Å². The fourth-order valence-electron chi connectivity index (χ4n) is 2.77. The lowest BCUT2D eigenvalue weighted by molar-refractivity contribution is 0.0660. The molecular weight excluding hydrogens is 318 g/mol. The molecule has 126 valence electrons. The van der Waals surface area contributed by atoms with Crippen molar-refractivity contribution in [3.05, 3.63) is 60.2 Å². The van der Waals surface area contributed by atoms with Crippen LogP contribution in [-0.4, -0.2) is 58.1 Å². The fraction of sp³-hybridized carbons (Fsp3) is 0.222. The Labute approximate surface area is 144 Å². The average Bonchev–Trinajstić information content (AvgIpc) is 3.11. The number of nitrogens with zero attached hydrogens (tertiary/aromatic N) is 5. The van der Waals surface area contributed by atoms with Crippen LogP contribution < -0.4 is 0 Å². The largest absolute Gasteiger partial charge is 0.378 e. The summed E-state index contributed by atoms with van der Waals surface area (Å²) in [6.45, 7) is 2.47. The van der Waals surface area contributed by atoms with Crippen LogP contribution in [0.4, 0.5) is 0 Å². The predicted octanol–water partition coefficient (Wildman–Crippen LogP) is 1.81. The molecule has 1 aliphatic rings. The predicted molar refractivity (Wildman–Crippen MR) is 93.5 cm³/mol. The van der Waals surface area contributed by atoms with E-state index < -0.39 is 0 Å². The first-order valence-electron chi connectivity index (χ1n) is 8.14. The molecular formula is C18H17N5O2. The number of aromatic nitrogens is 3. The lowest BCUT2D eigenvalue weighted by Crippen LogP contribution is -2.44. The molecule has 1 fully saturated rings. The molecule has 2 heterocycles. The van der Waals surface area contributed by atoms with Crippen molar-refractivity contribution in [3.8, 4) is 0 Å². The molecule has 1 aliphatic heterocycles. The first-order chi connectivity index (χ1) is 12.3. The van der Waals surface area contributed by atoms with Gasteiger partial charge in [0.1, 0.15) is 5.52 Å². The maximum atomic E-state index is 12.6. The van der Waals surface area contributed by atoms with Crippen LogP contribution in [0.25, 0.3) is 11.0 Å². The zero-order valence-corrected chi connectivity index (χ0v) is 13.6. The molecule has 0 atom stereocenters. The standard InChI is InChI=1S/C18H17N5O2/c24-17(14-6-2-1-3-7-14)19-18(22-10-12-25-13-11-22)23-16-9-5-4-8-15(16)20-21-23/h1-9H,10-13H2. The molecule has 4 rings (SSSR count). The van der Waals surface area contributed by atoms with E-state index in [1.54, 1.807) is 16.8 Å². The van der Waals surface area contributed by atoms with Gasteiger partial charge < -0.3 is 9.64 Å². The summed E-state index contributed by atoms with van der Waals surface area (Å²) in [5.74, 6) is 0.174. The third-order valence-electron chi connectivity index (χ3n) is 4.06. The maximum absolute atomic E-state index is 12.6. The molecule has 0 unspecified atom stereocenters. The first-order valence-corrected chi connectivity index (χ1v) is 8.14. The number of benzene rings is 2. The van der Waals surface area contributed by atoms with Crippen LogP contribution in [0, 0.1) is 0 Å². The second kappa shape index (κ2) is 6.82. The Kier molecular flexibility index (Phi) is 4.22. The summed E-state index contributed by atoms with van der Waals surface area (Å²) in [5.41, 5.74) is 2.11. The summed E-state index contributed by atoms with van der Waals surface area (Å²) in [4.78, 5) is 19.0. The van der Waals surface area contributed by atoms with Crippen LogP contribution in [0.2, 0.25) is 0 Å². The average molecular weight is 335 g/mol. The minimum Gasteiger partial charge on any atom is -0.378 e. The van der Waals surface area contributed by atoms with E-state index in [4.69, 9.17) is 4.74 Å². The number of carbonyl (C=O) groups is 1. The van der Waals surface area contributed by atoms with E-state index in [0.717, 1.165) is 11.0 Å². The minimum absolute atomic E-state index is 0.304. The highest BCUT2D eigenvalue weighted by Gasteiger charge is 2.21. The van der Waals surface area contributed by atoms with Crippen LogP contribution in [0.3, 0.4) is 0 Å². The van der Waals surface area contributed by atoms with E-state index in [9.17, 15) is 4.79 Å². The summed E-state index contributed by atoms with van der Waals surface area (Å²) < 4.78 is 7.04. The van der Waals surface area contributed by atoms with Gasteiger partial charge in [0.15, 0.2) is 0 Å². The number of fused-ring (bicyclic) bond motifs is 1. The summed E-state index contributed by atoms with van der Waals surface area (Å²) >= 11 is 0. The molecule has 3 aromatic rings. The molecule has 0 aliphatic carbocycles. The fourth-order valence-corrected chi connectivity index (χ4v) is 2.77. The number of amides is 1. The molecule has 0 bridgehead atoms. The molecule has 7 heteroatoms. The Morgan fingerprint density at radius 3 is 2.52 bits per heavy atom. The van der Waals surface area contributed by atoms with Crippen LogP contribution in [0.5, 0.6) is 0 Å². The van der Waals surface area contributed by atoms with Gasteiger partial charge in [0.25, 0.3) is 5.91 Å². The number of hydrogen-bond donors (Lipinski definition) is 0. The highest BCUT2D eigenvalue weighted by atomic mass is 16.5. The number of rotatable bonds is 1. The van der Waals surface area contributed by atoms with Gasteiger partial charge in [-0.15, -0.1) is 5.10 Å². The molecule has 2 aromatic carbocycles. The van der Waals surface area contributed by atoms with E-state index in [1.165, 1.54) is 0 Å². The van der Waals surface area contributed by atoms with Crippen molar-refractivity contribution in [1.82, 2.24) is 19.9 Å². The zero-order valence-electron chi connectivity index (χ0n) is 13.6. The third-order valence-corrected chi connectivity index (χ3v) is 4.06. The van der Waals surface area contributed by atoms with Crippen molar-refractivity contribution < 1.29 is 9.53 Å². The molecule has 0 spiro atoms. The Bertz CT molecular complexity index is 913. The second-order valence-corrected chi connectivity index (χ2v) is 5.67. The first kappa shape index (κ1) is 15.5. The van der Waals surface area contributed by atoms with Gasteiger partial charge in [-0.25, -0.2) is 0 Å². The highest BCUT2D eigenvalue weighted by molar-refractivity contribution is 6.04. The summed E-state index contributed by atoms with van der Waals surface area (Å²) in [5, 5.41) is 8.40. The smallest absolute Gasteiger partial charge is 0.280 e. The molecule has 0 N–H and O–H groups in total. The van der Waals surface area contributed by atoms with Crippen LogP contribution in [0.15, 0.2) is 59.6 Å². The van der Waals surface area contributed by atoms with E-state index >= 15 is 0 Å². The van der Waals surface area contributed by atoms with Crippen molar-refractivity contribution in [3.63, 3.8) is 0 Å². The van der Waals surface area contributed by atoms with E-state index in [2.05, 4.69) is 15.3 Å². The molecule has 1 aromatic heterocycles. The summed E-state index contributed by atoms with van der Waals surface area (Å²) in [6, 6.07) is 16.6. The van der Waals surface area contributed by atoms with Gasteiger partial charge in [0, 0.05) is 18.7 Å². The van der Waals surface area contributed by atoms with Gasteiger partial charge in [0.05, 0.1) is 18.7 Å². The second-order valence-electron chi connectivity index (χ2n) is 5.67. The number of para-hydroxylation sites is 1. The van der Waals surface area contributed by atoms with Gasteiger partial charge in [-0.3, -0.25) is 4.79 Å². The van der Waals surface area contributed by atoms with Crippen molar-refractivity contribution in [2.75, 3.05) is 26.3 Å². The summed E-state index contributed by atoms with van der Waals surface area (Å²) in [6.07, 6.45) is 0. The Hall–Kier alpha value is -3.06. The van der Waals surface area contributed by atoms with Gasteiger partial charge in [0.2, 0.25) is 5.96 Å². The number of ether oxygens (including phenoxy) is 1. The minimum atomic E-state index is -0.304.